The minimum atomic E-state index is -4.68. The van der Waals surface area contributed by atoms with Gasteiger partial charge in [-0.1, -0.05) is 0 Å². The zero-order valence-electron chi connectivity index (χ0n) is 19.7. The average molecular weight is 590 g/mol. The Morgan fingerprint density at radius 1 is 1.21 bits per heavy atom. The van der Waals surface area contributed by atoms with E-state index in [9.17, 15) is 22.8 Å². The van der Waals surface area contributed by atoms with Gasteiger partial charge in [-0.3, -0.25) is 14.6 Å². The number of carbonyl (C=O) groups excluding carboxylic acids is 2. The van der Waals surface area contributed by atoms with E-state index in [-0.39, 0.29) is 64.1 Å². The highest BCUT2D eigenvalue weighted by molar-refractivity contribution is 9.10. The van der Waals surface area contributed by atoms with Crippen molar-refractivity contribution in [1.82, 2.24) is 34.4 Å². The maximum atomic E-state index is 13.7. The van der Waals surface area contributed by atoms with Crippen molar-refractivity contribution >= 4 is 61.4 Å². The number of likely N-dealkylation sites (tertiary alicyclic amines) is 1. The van der Waals surface area contributed by atoms with Gasteiger partial charge in [-0.15, -0.1) is 0 Å². The van der Waals surface area contributed by atoms with Crippen LogP contribution >= 0.6 is 15.9 Å². The third-order valence-electron chi connectivity index (χ3n) is 6.94. The number of nitrogen functional groups attached to an aromatic ring is 1. The monoisotopic (exact) mass is 589 g/mol. The van der Waals surface area contributed by atoms with Crippen molar-refractivity contribution in [3.8, 4) is 0 Å². The van der Waals surface area contributed by atoms with Crippen molar-refractivity contribution in [3.05, 3.63) is 40.6 Å². The molecular formula is C23H19BrF3N9O2. The molecule has 3 N–H and O–H groups in total. The van der Waals surface area contributed by atoms with E-state index in [2.05, 4.69) is 46.2 Å². The Kier molecular flexibility index (Phi) is 5.52. The predicted molar refractivity (Wildman–Crippen MR) is 132 cm³/mol. The van der Waals surface area contributed by atoms with Crippen LogP contribution in [0, 0.1) is 12.8 Å². The number of amides is 2. The Balaban J connectivity index is 1.37. The van der Waals surface area contributed by atoms with Crippen LogP contribution in [-0.4, -0.2) is 58.3 Å². The second-order valence-corrected chi connectivity index (χ2v) is 10.2. The van der Waals surface area contributed by atoms with Gasteiger partial charge in [0.15, 0.2) is 5.82 Å². The summed E-state index contributed by atoms with van der Waals surface area (Å²) >= 11 is 3.21. The Morgan fingerprint density at radius 2 is 2.00 bits per heavy atom. The van der Waals surface area contributed by atoms with E-state index in [1.165, 1.54) is 30.2 Å². The SMILES string of the molecule is Cc1cc(C(F)(F)F)nc2c3c(N)ncnc3n(CC(=O)N3[C@@H]4C[C@@H]4C[C@H]3C(=O)Nc3cncc(Br)n3)c12. The van der Waals surface area contributed by atoms with E-state index in [0.717, 1.165) is 12.5 Å². The fourth-order valence-corrected chi connectivity index (χ4v) is 5.59. The first-order valence-corrected chi connectivity index (χ1v) is 12.4. The van der Waals surface area contributed by atoms with Gasteiger partial charge in [0.05, 0.1) is 23.3 Å². The number of hydrogen-bond donors (Lipinski definition) is 2. The first-order chi connectivity index (χ1) is 18.0. The lowest BCUT2D eigenvalue weighted by Crippen LogP contribution is -2.46. The summed E-state index contributed by atoms with van der Waals surface area (Å²) in [6.45, 7) is 1.23. The topological polar surface area (TPSA) is 145 Å². The summed E-state index contributed by atoms with van der Waals surface area (Å²) in [6.07, 6.45) is 0.666. The highest BCUT2D eigenvalue weighted by Crippen LogP contribution is 2.48. The van der Waals surface area contributed by atoms with Gasteiger partial charge in [-0.05, 0) is 53.2 Å². The molecule has 3 atom stereocenters. The summed E-state index contributed by atoms with van der Waals surface area (Å²) in [5, 5.41) is 2.85. The summed E-state index contributed by atoms with van der Waals surface area (Å²) in [7, 11) is 0. The summed E-state index contributed by atoms with van der Waals surface area (Å²) < 4.78 is 42.5. The van der Waals surface area contributed by atoms with E-state index in [1.807, 2.05) is 0 Å². The van der Waals surface area contributed by atoms with Crippen LogP contribution in [0.2, 0.25) is 0 Å². The zero-order chi connectivity index (χ0) is 26.9. The molecule has 2 aliphatic rings. The van der Waals surface area contributed by atoms with Crippen molar-refractivity contribution in [2.24, 2.45) is 5.92 Å². The molecule has 5 heterocycles. The van der Waals surface area contributed by atoms with Crippen LogP contribution in [0.5, 0.6) is 0 Å². The number of pyridine rings is 1. The number of anilines is 2. The smallest absolute Gasteiger partial charge is 0.383 e. The third kappa shape index (κ3) is 4.01. The van der Waals surface area contributed by atoms with Crippen LogP contribution < -0.4 is 11.1 Å². The molecule has 15 heteroatoms. The third-order valence-corrected chi connectivity index (χ3v) is 7.32. The van der Waals surface area contributed by atoms with Crippen molar-refractivity contribution in [1.29, 1.82) is 0 Å². The van der Waals surface area contributed by atoms with Crippen molar-refractivity contribution in [2.75, 3.05) is 11.1 Å². The molecule has 1 saturated heterocycles. The number of carbonyl (C=O) groups is 2. The number of rotatable bonds is 4. The lowest BCUT2D eigenvalue weighted by molar-refractivity contribution is -0.141. The van der Waals surface area contributed by atoms with Gasteiger partial charge in [-0.25, -0.2) is 19.9 Å². The number of aromatic nitrogens is 6. The number of hydrogen-bond acceptors (Lipinski definition) is 8. The lowest BCUT2D eigenvalue weighted by atomic mass is 10.1. The number of piperidine rings is 1. The van der Waals surface area contributed by atoms with Crippen LogP contribution in [0.15, 0.2) is 29.4 Å². The van der Waals surface area contributed by atoms with E-state index < -0.39 is 17.9 Å². The van der Waals surface area contributed by atoms with Crippen molar-refractivity contribution in [3.63, 3.8) is 0 Å². The van der Waals surface area contributed by atoms with Gasteiger partial charge >= 0.3 is 6.18 Å². The Labute approximate surface area is 220 Å². The van der Waals surface area contributed by atoms with Crippen molar-refractivity contribution in [2.45, 2.75) is 44.6 Å². The van der Waals surface area contributed by atoms with Crippen LogP contribution in [0.4, 0.5) is 24.8 Å². The molecule has 0 aromatic carbocycles. The predicted octanol–water partition coefficient (Wildman–Crippen LogP) is 3.07. The highest BCUT2D eigenvalue weighted by atomic mass is 79.9. The molecule has 4 aromatic heterocycles. The molecule has 0 radical (unpaired) electrons. The second-order valence-electron chi connectivity index (χ2n) is 9.39. The molecule has 1 aliphatic carbocycles. The minimum absolute atomic E-state index is 0.0357. The number of alkyl halides is 3. The molecule has 196 valence electrons. The second kappa shape index (κ2) is 8.58. The summed E-state index contributed by atoms with van der Waals surface area (Å²) in [5.74, 6) is -0.357. The summed E-state index contributed by atoms with van der Waals surface area (Å²) in [5.41, 5.74) is 5.64. The zero-order valence-corrected chi connectivity index (χ0v) is 21.3. The van der Waals surface area contributed by atoms with Crippen molar-refractivity contribution < 1.29 is 22.8 Å². The standard InChI is InChI=1S/C23H19BrF3N9O2/c1-9-2-13(23(25,26)27)32-18-17-20(28)30-8-31-21(17)35(19(9)18)7-16(37)36-11-3-10(11)4-12(36)22(38)34-15-6-29-5-14(24)33-15/h2,5-6,8,10-12H,3-4,7H2,1H3,(H2,28,30,31)(H,33,34,38)/t10-,11-,12+/m1/s1. The molecule has 0 spiro atoms. The maximum absolute atomic E-state index is 13.7. The molecule has 1 aliphatic heterocycles. The quantitative estimate of drug-likeness (QED) is 0.369. The number of aryl methyl sites for hydroxylation is 1. The fourth-order valence-electron chi connectivity index (χ4n) is 5.29. The van der Waals surface area contributed by atoms with Gasteiger partial charge in [0, 0.05) is 6.04 Å². The number of halogens is 4. The Morgan fingerprint density at radius 3 is 2.74 bits per heavy atom. The molecule has 11 nitrogen and oxygen atoms in total. The summed E-state index contributed by atoms with van der Waals surface area (Å²) in [6, 6.07) is 0.111. The molecule has 2 fully saturated rings. The average Bonchev–Trinajstić information content (AvgIpc) is 3.38. The first-order valence-electron chi connectivity index (χ1n) is 11.6. The largest absolute Gasteiger partial charge is 0.433 e. The number of nitrogens with one attached hydrogen (secondary N) is 1. The molecular weight excluding hydrogens is 571 g/mol. The number of nitrogens with two attached hydrogens (primary N) is 1. The number of fused-ring (bicyclic) bond motifs is 4. The molecule has 0 bridgehead atoms. The van der Waals surface area contributed by atoms with E-state index in [4.69, 9.17) is 5.73 Å². The van der Waals surface area contributed by atoms with Gasteiger partial charge in [-0.2, -0.15) is 13.2 Å². The van der Waals surface area contributed by atoms with Crippen LogP contribution in [0.3, 0.4) is 0 Å². The first kappa shape index (κ1) is 24.5. The normalized spacial score (nSPS) is 20.7. The molecule has 1 saturated carbocycles. The van der Waals surface area contributed by atoms with E-state index in [0.29, 0.717) is 16.5 Å². The van der Waals surface area contributed by atoms with Crippen LogP contribution in [-0.2, 0) is 22.3 Å². The van der Waals surface area contributed by atoms with E-state index in [1.54, 1.807) is 4.90 Å². The molecule has 4 aromatic rings. The fraction of sp³-hybridized carbons (Fsp3) is 0.348. The lowest BCUT2D eigenvalue weighted by Gasteiger charge is -2.27. The Bertz CT molecular complexity index is 1640. The summed E-state index contributed by atoms with van der Waals surface area (Å²) in [4.78, 5) is 48.5. The van der Waals surface area contributed by atoms with Gasteiger partial charge in [0.2, 0.25) is 11.8 Å². The van der Waals surface area contributed by atoms with Gasteiger partial charge < -0.3 is 20.5 Å². The van der Waals surface area contributed by atoms with Crippen LogP contribution in [0.25, 0.3) is 22.1 Å². The number of nitrogens with zero attached hydrogens (tertiary/aromatic N) is 7. The van der Waals surface area contributed by atoms with Crippen LogP contribution in [0.1, 0.15) is 24.1 Å². The van der Waals surface area contributed by atoms with Gasteiger partial charge in [0.1, 0.15) is 46.2 Å². The molecule has 38 heavy (non-hydrogen) atoms. The van der Waals surface area contributed by atoms with Gasteiger partial charge in [0.25, 0.3) is 0 Å². The Hall–Kier alpha value is -3.88. The highest BCUT2D eigenvalue weighted by Gasteiger charge is 2.56. The van der Waals surface area contributed by atoms with E-state index >= 15 is 0 Å². The maximum Gasteiger partial charge on any atom is 0.433 e. The molecule has 6 rings (SSSR count). The molecule has 0 unspecified atom stereocenters. The molecule has 2 amide bonds. The minimum Gasteiger partial charge on any atom is -0.383 e.